The van der Waals surface area contributed by atoms with Crippen LogP contribution in [0.15, 0.2) is 42.5 Å². The van der Waals surface area contributed by atoms with E-state index in [0.717, 1.165) is 10.6 Å². The van der Waals surface area contributed by atoms with E-state index < -0.39 is 0 Å². The molecule has 0 heterocycles. The summed E-state index contributed by atoms with van der Waals surface area (Å²) in [5, 5.41) is 0.820. The maximum Gasteiger partial charge on any atom is 0.0484 e. The molecule has 106 valence electrons. The van der Waals surface area contributed by atoms with Crippen LogP contribution in [0.5, 0.6) is 0 Å². The van der Waals surface area contributed by atoms with Crippen LogP contribution in [0, 0.1) is 0 Å². The summed E-state index contributed by atoms with van der Waals surface area (Å²) >= 11 is 6.40. The molecule has 0 unspecified atom stereocenters. The Bertz CT molecular complexity index is 603. The Kier molecular flexibility index (Phi) is 4.25. The summed E-state index contributed by atoms with van der Waals surface area (Å²) in [7, 11) is 0. The summed E-state index contributed by atoms with van der Waals surface area (Å²) in [4.78, 5) is 0. The second-order valence-corrected chi connectivity index (χ2v) is 7.13. The monoisotopic (exact) mass is 286 g/mol. The van der Waals surface area contributed by atoms with Gasteiger partial charge in [-0.05, 0) is 40.2 Å². The van der Waals surface area contributed by atoms with Crippen molar-refractivity contribution in [1.29, 1.82) is 0 Å². The third-order valence-corrected chi connectivity index (χ3v) is 4.03. The van der Waals surface area contributed by atoms with Crippen molar-refractivity contribution in [3.63, 3.8) is 0 Å². The normalized spacial score (nSPS) is 11.9. The predicted octanol–water partition coefficient (Wildman–Crippen LogP) is 6.43. The van der Waals surface area contributed by atoms with Gasteiger partial charge in [0, 0.05) is 10.6 Å². The standard InChI is InChI=1S/C19H23Cl/c1-13(2)14-9-10-18(20)17(12-14)15-7-6-8-16(11-15)19(3,4)5/h6-13H,1-5H3. The van der Waals surface area contributed by atoms with E-state index in [-0.39, 0.29) is 5.41 Å². The molecule has 0 aliphatic heterocycles. The number of hydrogen-bond donors (Lipinski definition) is 0. The lowest BCUT2D eigenvalue weighted by molar-refractivity contribution is 0.590. The largest absolute Gasteiger partial charge is 0.0837 e. The predicted molar refractivity (Wildman–Crippen MR) is 89.7 cm³/mol. The van der Waals surface area contributed by atoms with E-state index in [0.29, 0.717) is 5.92 Å². The third kappa shape index (κ3) is 3.24. The first-order valence-corrected chi connectivity index (χ1v) is 7.57. The van der Waals surface area contributed by atoms with Crippen LogP contribution in [0.25, 0.3) is 11.1 Å². The van der Waals surface area contributed by atoms with Crippen LogP contribution in [-0.4, -0.2) is 0 Å². The highest BCUT2D eigenvalue weighted by Crippen LogP contribution is 2.33. The fraction of sp³-hybridized carbons (Fsp3) is 0.368. The van der Waals surface area contributed by atoms with Gasteiger partial charge in [-0.25, -0.2) is 0 Å². The van der Waals surface area contributed by atoms with Crippen molar-refractivity contribution < 1.29 is 0 Å². The van der Waals surface area contributed by atoms with Gasteiger partial charge < -0.3 is 0 Å². The van der Waals surface area contributed by atoms with E-state index in [1.807, 2.05) is 6.07 Å². The van der Waals surface area contributed by atoms with Crippen LogP contribution >= 0.6 is 11.6 Å². The van der Waals surface area contributed by atoms with Crippen LogP contribution in [0.3, 0.4) is 0 Å². The van der Waals surface area contributed by atoms with Gasteiger partial charge in [-0.2, -0.15) is 0 Å². The van der Waals surface area contributed by atoms with E-state index in [1.165, 1.54) is 16.7 Å². The van der Waals surface area contributed by atoms with E-state index in [1.54, 1.807) is 0 Å². The van der Waals surface area contributed by atoms with E-state index >= 15 is 0 Å². The summed E-state index contributed by atoms with van der Waals surface area (Å²) in [5.74, 6) is 0.511. The van der Waals surface area contributed by atoms with Gasteiger partial charge in [0.2, 0.25) is 0 Å². The van der Waals surface area contributed by atoms with Gasteiger partial charge in [-0.3, -0.25) is 0 Å². The molecule has 0 bridgehead atoms. The van der Waals surface area contributed by atoms with Crippen molar-refractivity contribution in [1.82, 2.24) is 0 Å². The molecule has 0 saturated carbocycles. The van der Waals surface area contributed by atoms with Crippen LogP contribution in [0.2, 0.25) is 5.02 Å². The van der Waals surface area contributed by atoms with Gasteiger partial charge in [-0.15, -0.1) is 0 Å². The van der Waals surface area contributed by atoms with E-state index in [4.69, 9.17) is 11.6 Å². The molecule has 0 saturated heterocycles. The maximum atomic E-state index is 6.40. The highest BCUT2D eigenvalue weighted by Gasteiger charge is 2.15. The fourth-order valence-corrected chi connectivity index (χ4v) is 2.50. The minimum Gasteiger partial charge on any atom is -0.0837 e. The van der Waals surface area contributed by atoms with Crippen molar-refractivity contribution in [2.75, 3.05) is 0 Å². The molecule has 0 amide bonds. The quantitative estimate of drug-likeness (QED) is 0.597. The van der Waals surface area contributed by atoms with Crippen molar-refractivity contribution >= 4 is 11.6 Å². The Morgan fingerprint density at radius 1 is 0.950 bits per heavy atom. The number of hydrogen-bond acceptors (Lipinski definition) is 0. The Morgan fingerprint density at radius 3 is 2.25 bits per heavy atom. The lowest BCUT2D eigenvalue weighted by Gasteiger charge is -2.20. The number of halogens is 1. The molecule has 0 aliphatic rings. The SMILES string of the molecule is CC(C)c1ccc(Cl)c(-c2cccc(C(C)(C)C)c2)c1. The van der Waals surface area contributed by atoms with Crippen molar-refractivity contribution in [3.05, 3.63) is 58.6 Å². The molecule has 0 atom stereocenters. The summed E-state index contributed by atoms with van der Waals surface area (Å²) in [6, 6.07) is 15.0. The number of rotatable bonds is 2. The first kappa shape index (κ1) is 15.1. The van der Waals surface area contributed by atoms with Gasteiger partial charge in [0.05, 0.1) is 0 Å². The molecular formula is C19H23Cl. The Balaban J connectivity index is 2.54. The molecule has 0 fully saturated rings. The smallest absolute Gasteiger partial charge is 0.0484 e. The van der Waals surface area contributed by atoms with Crippen molar-refractivity contribution in [3.8, 4) is 11.1 Å². The highest BCUT2D eigenvalue weighted by atomic mass is 35.5. The molecule has 0 aliphatic carbocycles. The molecule has 0 spiro atoms. The molecule has 20 heavy (non-hydrogen) atoms. The first-order chi connectivity index (χ1) is 9.29. The van der Waals surface area contributed by atoms with Gasteiger partial charge in [-0.1, -0.05) is 76.6 Å². The second kappa shape index (κ2) is 5.61. The molecule has 0 N–H and O–H groups in total. The average Bonchev–Trinajstić information content (AvgIpc) is 2.38. The van der Waals surface area contributed by atoms with Crippen molar-refractivity contribution in [2.24, 2.45) is 0 Å². The summed E-state index contributed by atoms with van der Waals surface area (Å²) in [5.41, 5.74) is 5.14. The minimum absolute atomic E-state index is 0.151. The number of benzene rings is 2. The zero-order valence-corrected chi connectivity index (χ0v) is 13.8. The third-order valence-electron chi connectivity index (χ3n) is 3.70. The molecule has 0 radical (unpaired) electrons. The zero-order valence-electron chi connectivity index (χ0n) is 13.0. The fourth-order valence-electron chi connectivity index (χ4n) is 2.28. The second-order valence-electron chi connectivity index (χ2n) is 6.72. The zero-order chi connectivity index (χ0) is 14.9. The molecular weight excluding hydrogens is 264 g/mol. The van der Waals surface area contributed by atoms with Gasteiger partial charge in [0.25, 0.3) is 0 Å². The van der Waals surface area contributed by atoms with Crippen LogP contribution in [-0.2, 0) is 5.41 Å². The van der Waals surface area contributed by atoms with Crippen LogP contribution < -0.4 is 0 Å². The highest BCUT2D eigenvalue weighted by molar-refractivity contribution is 6.33. The van der Waals surface area contributed by atoms with E-state index in [9.17, 15) is 0 Å². The Morgan fingerprint density at radius 2 is 1.65 bits per heavy atom. The molecule has 1 heteroatoms. The van der Waals surface area contributed by atoms with Gasteiger partial charge in [0.15, 0.2) is 0 Å². The molecule has 0 aromatic heterocycles. The summed E-state index contributed by atoms with van der Waals surface area (Å²) in [6.45, 7) is 11.1. The maximum absolute atomic E-state index is 6.40. The molecule has 2 aromatic carbocycles. The molecule has 2 aromatic rings. The minimum atomic E-state index is 0.151. The van der Waals surface area contributed by atoms with Crippen LogP contribution in [0.4, 0.5) is 0 Å². The lowest BCUT2D eigenvalue weighted by Crippen LogP contribution is -2.10. The average molecular weight is 287 g/mol. The van der Waals surface area contributed by atoms with Gasteiger partial charge >= 0.3 is 0 Å². The molecule has 0 nitrogen and oxygen atoms in total. The van der Waals surface area contributed by atoms with E-state index in [2.05, 4.69) is 71.0 Å². The first-order valence-electron chi connectivity index (χ1n) is 7.19. The van der Waals surface area contributed by atoms with Crippen LogP contribution in [0.1, 0.15) is 51.7 Å². The Labute approximate surface area is 127 Å². The van der Waals surface area contributed by atoms with Gasteiger partial charge in [0.1, 0.15) is 0 Å². The van der Waals surface area contributed by atoms with Crippen molar-refractivity contribution in [2.45, 2.75) is 46.0 Å². The molecule has 2 rings (SSSR count). The Hall–Kier alpha value is -1.27. The lowest BCUT2D eigenvalue weighted by atomic mass is 9.85. The topological polar surface area (TPSA) is 0 Å². The summed E-state index contributed by atoms with van der Waals surface area (Å²) < 4.78 is 0. The summed E-state index contributed by atoms with van der Waals surface area (Å²) in [6.07, 6.45) is 0.